The number of carbonyl (C=O) groups is 1. The minimum atomic E-state index is -0.360. The number of ether oxygens (including phenoxy) is 3. The van der Waals surface area contributed by atoms with Gasteiger partial charge in [0, 0.05) is 11.6 Å². The lowest BCUT2D eigenvalue weighted by Crippen LogP contribution is -2.17. The summed E-state index contributed by atoms with van der Waals surface area (Å²) in [6.07, 6.45) is 1.57. The normalized spacial score (nSPS) is 10.6. The van der Waals surface area contributed by atoms with Crippen molar-refractivity contribution in [2.75, 3.05) is 14.2 Å². The molecular formula is C23H22N2O4. The quantitative estimate of drug-likeness (QED) is 0.465. The highest BCUT2D eigenvalue weighted by Crippen LogP contribution is 2.22. The third kappa shape index (κ3) is 5.84. The van der Waals surface area contributed by atoms with Crippen LogP contribution < -0.4 is 19.6 Å². The van der Waals surface area contributed by atoms with Crippen molar-refractivity contribution in [3.63, 3.8) is 0 Å². The third-order valence-corrected chi connectivity index (χ3v) is 4.12. The molecule has 148 valence electrons. The van der Waals surface area contributed by atoms with Gasteiger partial charge in [-0.3, -0.25) is 4.79 Å². The molecule has 0 saturated heterocycles. The Kier molecular flexibility index (Phi) is 6.84. The number of nitrogens with zero attached hydrogens (tertiary/aromatic N) is 1. The minimum absolute atomic E-state index is 0.360. The summed E-state index contributed by atoms with van der Waals surface area (Å²) in [5, 5.41) is 4.01. The maximum atomic E-state index is 12.3. The second-order valence-electron chi connectivity index (χ2n) is 6.14. The van der Waals surface area contributed by atoms with Gasteiger partial charge < -0.3 is 14.2 Å². The molecule has 3 rings (SSSR count). The summed E-state index contributed by atoms with van der Waals surface area (Å²) in [5.74, 6) is 1.47. The van der Waals surface area contributed by atoms with Gasteiger partial charge in [-0.25, -0.2) is 5.43 Å². The number of hydrazone groups is 1. The first-order chi connectivity index (χ1) is 14.2. The van der Waals surface area contributed by atoms with Crippen LogP contribution in [0.5, 0.6) is 17.2 Å². The van der Waals surface area contributed by atoms with Crippen LogP contribution in [0.1, 0.15) is 21.5 Å². The maximum Gasteiger partial charge on any atom is 0.271 e. The van der Waals surface area contributed by atoms with Gasteiger partial charge in [-0.1, -0.05) is 30.3 Å². The van der Waals surface area contributed by atoms with Crippen LogP contribution in [0.4, 0.5) is 0 Å². The van der Waals surface area contributed by atoms with E-state index in [0.29, 0.717) is 23.7 Å². The van der Waals surface area contributed by atoms with E-state index < -0.39 is 0 Å². The van der Waals surface area contributed by atoms with Crippen molar-refractivity contribution in [1.29, 1.82) is 0 Å². The second kappa shape index (κ2) is 9.94. The molecule has 0 heterocycles. The summed E-state index contributed by atoms with van der Waals surface area (Å²) < 4.78 is 16.1. The molecule has 1 amide bonds. The zero-order valence-electron chi connectivity index (χ0n) is 16.3. The number of methoxy groups -OCH3 is 2. The number of carbonyl (C=O) groups excluding carboxylic acids is 1. The predicted octanol–water partition coefficient (Wildman–Crippen LogP) is 4.05. The molecule has 6 nitrogen and oxygen atoms in total. The molecule has 6 heteroatoms. The van der Waals surface area contributed by atoms with E-state index in [9.17, 15) is 4.79 Å². The highest BCUT2D eigenvalue weighted by Gasteiger charge is 2.09. The molecule has 0 bridgehead atoms. The van der Waals surface area contributed by atoms with Gasteiger partial charge in [0.25, 0.3) is 5.91 Å². The summed E-state index contributed by atoms with van der Waals surface area (Å²) in [6, 6.07) is 22.3. The predicted molar refractivity (Wildman–Crippen MR) is 112 cm³/mol. The number of nitrogens with one attached hydrogen (secondary N) is 1. The first kappa shape index (κ1) is 19.9. The number of hydrogen-bond acceptors (Lipinski definition) is 5. The van der Waals surface area contributed by atoms with Crippen molar-refractivity contribution in [1.82, 2.24) is 5.43 Å². The van der Waals surface area contributed by atoms with E-state index in [0.717, 1.165) is 16.9 Å². The molecule has 1 N–H and O–H groups in total. The van der Waals surface area contributed by atoms with Crippen LogP contribution in [0, 0.1) is 0 Å². The Morgan fingerprint density at radius 3 is 2.17 bits per heavy atom. The van der Waals surface area contributed by atoms with Crippen LogP contribution in [0.2, 0.25) is 0 Å². The molecule has 3 aromatic carbocycles. The summed E-state index contributed by atoms with van der Waals surface area (Å²) in [4.78, 5) is 12.3. The Labute approximate surface area is 169 Å². The van der Waals surface area contributed by atoms with E-state index in [1.165, 1.54) is 14.2 Å². The third-order valence-electron chi connectivity index (χ3n) is 4.12. The monoisotopic (exact) mass is 390 g/mol. The van der Waals surface area contributed by atoms with Crippen molar-refractivity contribution in [2.24, 2.45) is 5.10 Å². The molecule has 0 aliphatic rings. The fraction of sp³-hybridized carbons (Fsp3) is 0.130. The Bertz CT molecular complexity index is 948. The average Bonchev–Trinajstić information content (AvgIpc) is 2.78. The summed E-state index contributed by atoms with van der Waals surface area (Å²) >= 11 is 0. The summed E-state index contributed by atoms with van der Waals surface area (Å²) in [7, 11) is 3.06. The van der Waals surface area contributed by atoms with Gasteiger partial charge in [-0.2, -0.15) is 5.10 Å². The van der Waals surface area contributed by atoms with Crippen molar-refractivity contribution in [2.45, 2.75) is 6.61 Å². The Balaban J connectivity index is 1.55. The van der Waals surface area contributed by atoms with Crippen molar-refractivity contribution in [3.05, 3.63) is 89.5 Å². The van der Waals surface area contributed by atoms with Crippen LogP contribution in [0.25, 0.3) is 0 Å². The Morgan fingerprint density at radius 2 is 1.55 bits per heavy atom. The van der Waals surface area contributed by atoms with Gasteiger partial charge in [0.05, 0.1) is 20.4 Å². The second-order valence-corrected chi connectivity index (χ2v) is 6.14. The van der Waals surface area contributed by atoms with E-state index in [-0.39, 0.29) is 5.91 Å². The minimum Gasteiger partial charge on any atom is -0.497 e. The zero-order chi connectivity index (χ0) is 20.5. The first-order valence-electron chi connectivity index (χ1n) is 9.01. The molecule has 0 radical (unpaired) electrons. The van der Waals surface area contributed by atoms with E-state index in [2.05, 4.69) is 10.5 Å². The van der Waals surface area contributed by atoms with Gasteiger partial charge in [-0.05, 0) is 47.5 Å². The highest BCUT2D eigenvalue weighted by atomic mass is 16.5. The lowest BCUT2D eigenvalue weighted by atomic mass is 10.2. The maximum absolute atomic E-state index is 12.3. The lowest BCUT2D eigenvalue weighted by molar-refractivity contribution is 0.0954. The smallest absolute Gasteiger partial charge is 0.271 e. The average molecular weight is 390 g/mol. The number of amides is 1. The molecule has 0 saturated carbocycles. The molecule has 0 aromatic heterocycles. The standard InChI is InChI=1S/C23H22N2O4/c1-27-21-12-19(13-22(14-21)28-2)23(26)25-24-15-17-8-10-20(11-9-17)29-16-18-6-4-3-5-7-18/h3-15H,16H2,1-2H3,(H,25,26)/b24-15+. The summed E-state index contributed by atoms with van der Waals surface area (Å²) in [5.41, 5.74) is 4.83. The van der Waals surface area contributed by atoms with Crippen LogP contribution >= 0.6 is 0 Å². The van der Waals surface area contributed by atoms with Crippen LogP contribution in [-0.2, 0) is 6.61 Å². The molecule has 0 aliphatic carbocycles. The Hall–Kier alpha value is -3.80. The summed E-state index contributed by atoms with van der Waals surface area (Å²) in [6.45, 7) is 0.508. The molecule has 0 aliphatic heterocycles. The number of benzene rings is 3. The van der Waals surface area contributed by atoms with Gasteiger partial charge in [-0.15, -0.1) is 0 Å². The van der Waals surface area contributed by atoms with Gasteiger partial charge in [0.1, 0.15) is 23.9 Å². The topological polar surface area (TPSA) is 69.2 Å². The fourth-order valence-electron chi connectivity index (χ4n) is 2.56. The first-order valence-corrected chi connectivity index (χ1v) is 9.01. The Morgan fingerprint density at radius 1 is 0.897 bits per heavy atom. The number of hydrogen-bond donors (Lipinski definition) is 1. The molecule has 0 atom stereocenters. The molecule has 0 unspecified atom stereocenters. The molecule has 3 aromatic rings. The van der Waals surface area contributed by atoms with Crippen LogP contribution in [-0.4, -0.2) is 26.3 Å². The van der Waals surface area contributed by atoms with Crippen LogP contribution in [0.3, 0.4) is 0 Å². The molecule has 0 spiro atoms. The van der Waals surface area contributed by atoms with Gasteiger partial charge in [0.2, 0.25) is 0 Å². The van der Waals surface area contributed by atoms with Gasteiger partial charge >= 0.3 is 0 Å². The molecule has 29 heavy (non-hydrogen) atoms. The van der Waals surface area contributed by atoms with E-state index in [4.69, 9.17) is 14.2 Å². The van der Waals surface area contributed by atoms with Crippen LogP contribution in [0.15, 0.2) is 77.9 Å². The van der Waals surface area contributed by atoms with Crippen molar-refractivity contribution in [3.8, 4) is 17.2 Å². The van der Waals surface area contributed by atoms with E-state index in [1.54, 1.807) is 24.4 Å². The lowest BCUT2D eigenvalue weighted by Gasteiger charge is -2.07. The largest absolute Gasteiger partial charge is 0.497 e. The molecule has 0 fully saturated rings. The van der Waals surface area contributed by atoms with E-state index in [1.807, 2.05) is 54.6 Å². The zero-order valence-corrected chi connectivity index (χ0v) is 16.3. The van der Waals surface area contributed by atoms with E-state index >= 15 is 0 Å². The molecular weight excluding hydrogens is 368 g/mol. The van der Waals surface area contributed by atoms with Gasteiger partial charge in [0.15, 0.2) is 0 Å². The van der Waals surface area contributed by atoms with Crippen molar-refractivity contribution >= 4 is 12.1 Å². The highest BCUT2D eigenvalue weighted by molar-refractivity contribution is 5.95. The SMILES string of the molecule is COc1cc(OC)cc(C(=O)N/N=C/c2ccc(OCc3ccccc3)cc2)c1. The number of rotatable bonds is 8. The fourth-order valence-corrected chi connectivity index (χ4v) is 2.56. The van der Waals surface area contributed by atoms with Crippen molar-refractivity contribution < 1.29 is 19.0 Å².